The quantitative estimate of drug-likeness (QED) is 0.509. The Labute approximate surface area is 195 Å². The summed E-state index contributed by atoms with van der Waals surface area (Å²) in [5.41, 5.74) is 3.43. The van der Waals surface area contributed by atoms with Gasteiger partial charge in [-0.3, -0.25) is 9.69 Å². The van der Waals surface area contributed by atoms with Crippen LogP contribution in [0.1, 0.15) is 53.7 Å². The van der Waals surface area contributed by atoms with Gasteiger partial charge in [0.2, 0.25) is 10.0 Å². The lowest BCUT2D eigenvalue weighted by molar-refractivity contribution is 0.0947. The minimum atomic E-state index is -3.60. The number of sulfonamides is 1. The van der Waals surface area contributed by atoms with Crippen molar-refractivity contribution in [3.8, 4) is 0 Å². The fourth-order valence-electron chi connectivity index (χ4n) is 4.70. The molecule has 0 radical (unpaired) electrons. The number of carbonyl (C=O) groups is 1. The monoisotopic (exact) mass is 482 g/mol. The minimum Gasteiger partial charge on any atom is -0.296 e. The number of Topliss-reactive ketones (excluding diaryl/α,β-unsaturated/α-hetero) is 1. The molecule has 31 heavy (non-hydrogen) atoms. The topological polar surface area (TPSA) is 57.7 Å². The van der Waals surface area contributed by atoms with Crippen LogP contribution in [0.3, 0.4) is 0 Å². The summed E-state index contributed by atoms with van der Waals surface area (Å²) in [6.45, 7) is 4.54. The third kappa shape index (κ3) is 4.69. The first-order chi connectivity index (χ1) is 14.4. The molecule has 0 N–H and O–H groups in total. The van der Waals surface area contributed by atoms with Crippen molar-refractivity contribution in [2.45, 2.75) is 43.5 Å². The molecule has 0 bridgehead atoms. The average Bonchev–Trinajstić information content (AvgIpc) is 3.08. The second-order valence-corrected chi connectivity index (χ2v) is 10.3. The van der Waals surface area contributed by atoms with Crippen LogP contribution in [-0.2, 0) is 16.4 Å². The van der Waals surface area contributed by atoms with Gasteiger partial charge in [0.25, 0.3) is 0 Å². The molecule has 1 heterocycles. The van der Waals surface area contributed by atoms with Crippen molar-refractivity contribution in [2.75, 3.05) is 26.2 Å². The lowest BCUT2D eigenvalue weighted by Crippen LogP contribution is -2.36. The SMILES string of the molecule is CCN(CCCCN1CCc2cccc3c2C1CC3=O)S(=O)(=O)c1ccccc1Cl.Cl. The number of ketones is 1. The van der Waals surface area contributed by atoms with Crippen LogP contribution in [0.5, 0.6) is 0 Å². The van der Waals surface area contributed by atoms with Gasteiger partial charge in [0.15, 0.2) is 5.78 Å². The maximum atomic E-state index is 13.0. The summed E-state index contributed by atoms with van der Waals surface area (Å²) in [5, 5.41) is 0.254. The third-order valence-corrected chi connectivity index (χ3v) is 8.70. The van der Waals surface area contributed by atoms with Gasteiger partial charge < -0.3 is 0 Å². The van der Waals surface area contributed by atoms with Crippen molar-refractivity contribution in [1.29, 1.82) is 0 Å². The summed E-state index contributed by atoms with van der Waals surface area (Å²) in [6.07, 6.45) is 3.18. The number of hydrogen-bond acceptors (Lipinski definition) is 4. The molecule has 0 saturated carbocycles. The lowest BCUT2D eigenvalue weighted by Gasteiger charge is -2.34. The summed E-state index contributed by atoms with van der Waals surface area (Å²) >= 11 is 6.12. The maximum absolute atomic E-state index is 13.0. The number of carbonyl (C=O) groups excluding carboxylic acids is 1. The van der Waals surface area contributed by atoms with E-state index in [2.05, 4.69) is 11.0 Å². The van der Waals surface area contributed by atoms with Crippen LogP contribution < -0.4 is 0 Å². The Balaban J connectivity index is 0.00000272. The first-order valence-electron chi connectivity index (χ1n) is 10.6. The fourth-order valence-corrected chi connectivity index (χ4v) is 6.68. The summed E-state index contributed by atoms with van der Waals surface area (Å²) in [4.78, 5) is 14.9. The average molecular weight is 483 g/mol. The van der Waals surface area contributed by atoms with Gasteiger partial charge >= 0.3 is 0 Å². The number of nitrogens with zero attached hydrogens (tertiary/aromatic N) is 2. The van der Waals surface area contributed by atoms with Crippen LogP contribution >= 0.6 is 24.0 Å². The van der Waals surface area contributed by atoms with Gasteiger partial charge in [-0.05, 0) is 49.1 Å². The zero-order chi connectivity index (χ0) is 21.3. The van der Waals surface area contributed by atoms with Gasteiger partial charge in [0.05, 0.1) is 5.02 Å². The molecule has 0 fully saturated rings. The highest BCUT2D eigenvalue weighted by Crippen LogP contribution is 2.41. The zero-order valence-corrected chi connectivity index (χ0v) is 20.0. The number of unbranched alkanes of at least 4 members (excludes halogenated alkanes) is 1. The number of benzene rings is 2. The molecular weight excluding hydrogens is 455 g/mol. The Morgan fingerprint density at radius 3 is 2.65 bits per heavy atom. The van der Waals surface area contributed by atoms with E-state index >= 15 is 0 Å². The molecule has 5 nitrogen and oxygen atoms in total. The van der Waals surface area contributed by atoms with Crippen molar-refractivity contribution >= 4 is 39.8 Å². The number of hydrogen-bond donors (Lipinski definition) is 0. The van der Waals surface area contributed by atoms with Crippen molar-refractivity contribution < 1.29 is 13.2 Å². The van der Waals surface area contributed by atoms with E-state index in [9.17, 15) is 13.2 Å². The highest BCUT2D eigenvalue weighted by Gasteiger charge is 2.37. The number of rotatable bonds is 8. The van der Waals surface area contributed by atoms with Gasteiger partial charge in [-0.1, -0.05) is 48.9 Å². The van der Waals surface area contributed by atoms with E-state index in [1.807, 2.05) is 19.1 Å². The lowest BCUT2D eigenvalue weighted by atomic mass is 9.93. The fraction of sp³-hybridized carbons (Fsp3) is 0.435. The van der Waals surface area contributed by atoms with E-state index in [1.165, 1.54) is 15.4 Å². The van der Waals surface area contributed by atoms with Crippen LogP contribution in [0.15, 0.2) is 47.4 Å². The van der Waals surface area contributed by atoms with Gasteiger partial charge in [0.1, 0.15) is 4.90 Å². The largest absolute Gasteiger partial charge is 0.296 e. The second-order valence-electron chi connectivity index (χ2n) is 7.94. The van der Waals surface area contributed by atoms with E-state index in [0.717, 1.165) is 37.9 Å². The van der Waals surface area contributed by atoms with E-state index in [0.29, 0.717) is 19.5 Å². The zero-order valence-electron chi connectivity index (χ0n) is 17.6. The standard InChI is InChI=1S/C23H27ClN2O3S.ClH/c1-2-26(30(28,29)22-11-4-3-10-19(22)24)14-6-5-13-25-15-12-17-8-7-9-18-21(27)16-20(25)23(17)18;/h3-4,7-11,20H,2,5-6,12-16H2,1H3;1H. The molecule has 168 valence electrons. The van der Waals surface area contributed by atoms with Crippen LogP contribution in [-0.4, -0.2) is 49.6 Å². The Morgan fingerprint density at radius 2 is 1.90 bits per heavy atom. The molecule has 0 amide bonds. The molecule has 2 aromatic carbocycles. The van der Waals surface area contributed by atoms with Gasteiger partial charge in [-0.25, -0.2) is 8.42 Å². The molecule has 2 aliphatic rings. The maximum Gasteiger partial charge on any atom is 0.244 e. The normalized spacial score (nSPS) is 18.2. The first kappa shape index (κ1) is 24.2. The van der Waals surface area contributed by atoms with E-state index in [-0.39, 0.29) is 34.2 Å². The molecule has 0 aromatic heterocycles. The van der Waals surface area contributed by atoms with Crippen LogP contribution in [0.4, 0.5) is 0 Å². The molecule has 2 aromatic rings. The molecule has 0 spiro atoms. The van der Waals surface area contributed by atoms with Crippen molar-refractivity contribution in [2.24, 2.45) is 0 Å². The van der Waals surface area contributed by atoms with Gasteiger partial charge in [0, 0.05) is 37.7 Å². The predicted octanol–water partition coefficient (Wildman–Crippen LogP) is 4.74. The van der Waals surface area contributed by atoms with E-state index in [1.54, 1.807) is 24.3 Å². The summed E-state index contributed by atoms with van der Waals surface area (Å²) in [7, 11) is -3.60. The molecule has 1 atom stereocenters. The smallest absolute Gasteiger partial charge is 0.244 e. The first-order valence-corrected chi connectivity index (χ1v) is 12.4. The summed E-state index contributed by atoms with van der Waals surface area (Å²) in [5.74, 6) is 0.242. The van der Waals surface area contributed by atoms with Crippen molar-refractivity contribution in [3.05, 3.63) is 64.2 Å². The Kier molecular flexibility index (Phi) is 7.81. The van der Waals surface area contributed by atoms with Crippen molar-refractivity contribution in [1.82, 2.24) is 9.21 Å². The van der Waals surface area contributed by atoms with E-state index < -0.39 is 10.0 Å². The molecule has 0 saturated heterocycles. The molecule has 4 rings (SSSR count). The summed E-state index contributed by atoms with van der Waals surface area (Å²) in [6, 6.07) is 12.8. The molecule has 8 heteroatoms. The molecule has 1 aliphatic carbocycles. The van der Waals surface area contributed by atoms with Crippen LogP contribution in [0, 0.1) is 0 Å². The Hall–Kier alpha value is -1.44. The van der Waals surface area contributed by atoms with Crippen molar-refractivity contribution in [3.63, 3.8) is 0 Å². The molecule has 1 unspecified atom stereocenters. The van der Waals surface area contributed by atoms with Gasteiger partial charge in [-0.15, -0.1) is 12.4 Å². The third-order valence-electron chi connectivity index (χ3n) is 6.23. The second kappa shape index (κ2) is 10.0. The molecular formula is C23H28Cl2N2O3S. The highest BCUT2D eigenvalue weighted by atomic mass is 35.5. The molecule has 1 aliphatic heterocycles. The Bertz CT molecular complexity index is 1060. The minimum absolute atomic E-state index is 0. The summed E-state index contributed by atoms with van der Waals surface area (Å²) < 4.78 is 27.4. The Morgan fingerprint density at radius 1 is 1.13 bits per heavy atom. The highest BCUT2D eigenvalue weighted by molar-refractivity contribution is 7.89. The van der Waals surface area contributed by atoms with Crippen LogP contribution in [0.25, 0.3) is 0 Å². The van der Waals surface area contributed by atoms with E-state index in [4.69, 9.17) is 11.6 Å². The number of halogens is 2. The predicted molar refractivity (Wildman–Crippen MR) is 126 cm³/mol. The van der Waals surface area contributed by atoms with Gasteiger partial charge in [-0.2, -0.15) is 4.31 Å². The van der Waals surface area contributed by atoms with Crippen LogP contribution in [0.2, 0.25) is 5.02 Å².